The summed E-state index contributed by atoms with van der Waals surface area (Å²) in [6.45, 7) is 7.64. The molecule has 8 nitrogen and oxygen atoms in total. The van der Waals surface area contributed by atoms with Crippen LogP contribution in [0.2, 0.25) is 0 Å². The zero-order chi connectivity index (χ0) is 21.6. The average Bonchev–Trinajstić information content (AvgIpc) is 2.66. The maximum absolute atomic E-state index is 12.2. The number of cyclic esters (lactones) is 1. The van der Waals surface area contributed by atoms with Crippen molar-refractivity contribution in [3.63, 3.8) is 0 Å². The molecule has 28 heavy (non-hydrogen) atoms. The molecule has 1 saturated heterocycles. The van der Waals surface area contributed by atoms with Gasteiger partial charge in [0.2, 0.25) is 0 Å². The minimum Gasteiger partial charge on any atom is -0.458 e. The summed E-state index contributed by atoms with van der Waals surface area (Å²) in [6.07, 6.45) is -1.13. The lowest BCUT2D eigenvalue weighted by Crippen LogP contribution is -2.57. The monoisotopic (exact) mass is 402 g/mol. The molecule has 0 aliphatic carbocycles. The van der Waals surface area contributed by atoms with Gasteiger partial charge in [-0.1, -0.05) is 26.7 Å². The van der Waals surface area contributed by atoms with Crippen LogP contribution in [0.3, 0.4) is 0 Å². The Morgan fingerprint density at radius 3 is 2.46 bits per heavy atom. The fourth-order valence-corrected chi connectivity index (χ4v) is 3.38. The lowest BCUT2D eigenvalue weighted by atomic mass is 9.78. The molecule has 1 aliphatic heterocycles. The first-order valence-corrected chi connectivity index (χ1v) is 9.79. The first-order chi connectivity index (χ1) is 12.9. The van der Waals surface area contributed by atoms with Gasteiger partial charge in [-0.05, 0) is 33.3 Å². The summed E-state index contributed by atoms with van der Waals surface area (Å²) in [5, 5.41) is 41.3. The van der Waals surface area contributed by atoms with E-state index in [9.17, 15) is 30.0 Å². The molecule has 0 bridgehead atoms. The number of aliphatic hydroxyl groups is 4. The Labute approximate surface area is 166 Å². The van der Waals surface area contributed by atoms with Crippen molar-refractivity contribution in [1.29, 1.82) is 0 Å². The van der Waals surface area contributed by atoms with Crippen LogP contribution in [-0.2, 0) is 19.1 Å². The Hall–Kier alpha value is -1.48. The molecule has 0 amide bonds. The van der Waals surface area contributed by atoms with Gasteiger partial charge in [-0.2, -0.15) is 0 Å². The Morgan fingerprint density at radius 2 is 1.89 bits per heavy atom. The average molecular weight is 402 g/mol. The standard InChI is InChI=1S/C20H34O8/c1-6-7-8-14(21)9-10-15(22)28-16-11(2)17(23)20(5,26)18(24)12(3)19(25)27-13(16)4/h9-14,16-18,21,23-24,26H,6-8H2,1-5H3/b10-9+/t11-,12+,13+,14?,16-,17+,18-,20-/m0/s1. The second-order valence-electron chi connectivity index (χ2n) is 7.88. The van der Waals surface area contributed by atoms with Gasteiger partial charge in [0.15, 0.2) is 0 Å². The summed E-state index contributed by atoms with van der Waals surface area (Å²) < 4.78 is 10.7. The van der Waals surface area contributed by atoms with E-state index in [0.29, 0.717) is 6.42 Å². The van der Waals surface area contributed by atoms with Crippen LogP contribution in [0, 0.1) is 11.8 Å². The van der Waals surface area contributed by atoms with Crippen LogP contribution in [-0.4, -0.2) is 68.5 Å². The molecule has 0 spiro atoms. The van der Waals surface area contributed by atoms with Gasteiger partial charge in [0, 0.05) is 12.0 Å². The Balaban J connectivity index is 3.00. The summed E-state index contributed by atoms with van der Waals surface area (Å²) in [7, 11) is 0. The van der Waals surface area contributed by atoms with Gasteiger partial charge in [0.1, 0.15) is 17.8 Å². The molecular formula is C20H34O8. The van der Waals surface area contributed by atoms with Gasteiger partial charge >= 0.3 is 11.9 Å². The van der Waals surface area contributed by atoms with Crippen LogP contribution in [0.15, 0.2) is 12.2 Å². The van der Waals surface area contributed by atoms with E-state index in [1.165, 1.54) is 33.8 Å². The minimum atomic E-state index is -2.02. The molecule has 0 aromatic rings. The maximum atomic E-state index is 12.2. The van der Waals surface area contributed by atoms with Crippen LogP contribution >= 0.6 is 0 Å². The van der Waals surface area contributed by atoms with Gasteiger partial charge in [0.25, 0.3) is 0 Å². The van der Waals surface area contributed by atoms with Crippen molar-refractivity contribution in [3.05, 3.63) is 12.2 Å². The van der Waals surface area contributed by atoms with Crippen LogP contribution in [0.25, 0.3) is 0 Å². The van der Waals surface area contributed by atoms with E-state index in [2.05, 4.69) is 0 Å². The van der Waals surface area contributed by atoms with E-state index in [-0.39, 0.29) is 0 Å². The summed E-state index contributed by atoms with van der Waals surface area (Å²) >= 11 is 0. The molecule has 1 heterocycles. The van der Waals surface area contributed by atoms with Gasteiger partial charge in [-0.3, -0.25) is 4.79 Å². The van der Waals surface area contributed by atoms with Gasteiger partial charge in [0.05, 0.1) is 24.2 Å². The largest absolute Gasteiger partial charge is 0.458 e. The Morgan fingerprint density at radius 1 is 1.29 bits per heavy atom. The zero-order valence-corrected chi connectivity index (χ0v) is 17.2. The van der Waals surface area contributed by atoms with Crippen molar-refractivity contribution in [3.8, 4) is 0 Å². The van der Waals surface area contributed by atoms with Crippen molar-refractivity contribution >= 4 is 11.9 Å². The molecular weight excluding hydrogens is 368 g/mol. The van der Waals surface area contributed by atoms with Crippen molar-refractivity contribution in [2.24, 2.45) is 11.8 Å². The molecule has 0 aromatic carbocycles. The number of hydrogen-bond acceptors (Lipinski definition) is 8. The minimum absolute atomic E-state index is 0.519. The van der Waals surface area contributed by atoms with E-state index in [1.54, 1.807) is 0 Å². The van der Waals surface area contributed by atoms with Crippen LogP contribution in [0.1, 0.15) is 53.9 Å². The maximum Gasteiger partial charge on any atom is 0.330 e. The predicted molar refractivity (Wildman–Crippen MR) is 101 cm³/mol. The molecule has 0 radical (unpaired) electrons. The normalized spacial score (nSPS) is 38.2. The molecule has 1 fully saturated rings. The molecule has 4 N–H and O–H groups in total. The first-order valence-electron chi connectivity index (χ1n) is 9.79. The number of ether oxygens (including phenoxy) is 2. The van der Waals surface area contributed by atoms with E-state index in [0.717, 1.165) is 18.9 Å². The Bertz CT molecular complexity index is 558. The number of aliphatic hydroxyl groups excluding tert-OH is 3. The van der Waals surface area contributed by atoms with E-state index >= 15 is 0 Å². The fourth-order valence-electron chi connectivity index (χ4n) is 3.38. The van der Waals surface area contributed by atoms with Crippen LogP contribution < -0.4 is 0 Å². The number of unbranched alkanes of at least 4 members (excludes halogenated alkanes) is 1. The lowest BCUT2D eigenvalue weighted by molar-refractivity contribution is -0.180. The van der Waals surface area contributed by atoms with Crippen LogP contribution in [0.5, 0.6) is 0 Å². The van der Waals surface area contributed by atoms with Gasteiger partial charge in [-0.25, -0.2) is 4.79 Å². The molecule has 0 aromatic heterocycles. The highest BCUT2D eigenvalue weighted by Crippen LogP contribution is 2.32. The SMILES string of the molecule is CCCCC(O)/C=C/C(=O)O[C@H]1[C@H](C)[C@@H](O)[C@](C)(O)[C@@H](O)[C@@H](C)C(=O)O[C@@H]1C. The summed E-state index contributed by atoms with van der Waals surface area (Å²) in [5.74, 6) is -3.47. The third-order valence-corrected chi connectivity index (χ3v) is 5.38. The van der Waals surface area contributed by atoms with Crippen molar-refractivity contribution < 1.29 is 39.5 Å². The summed E-state index contributed by atoms with van der Waals surface area (Å²) in [6, 6.07) is 0. The first kappa shape index (κ1) is 24.6. The molecule has 162 valence electrons. The molecule has 8 heteroatoms. The smallest absolute Gasteiger partial charge is 0.330 e. The second-order valence-corrected chi connectivity index (χ2v) is 7.88. The zero-order valence-electron chi connectivity index (χ0n) is 17.2. The second kappa shape index (κ2) is 10.3. The third kappa shape index (κ3) is 6.01. The molecule has 1 aliphatic rings. The molecule has 8 atom stereocenters. The van der Waals surface area contributed by atoms with E-state index in [4.69, 9.17) is 9.47 Å². The quantitative estimate of drug-likeness (QED) is 0.377. The van der Waals surface area contributed by atoms with E-state index < -0.39 is 59.9 Å². The number of hydrogen-bond donors (Lipinski definition) is 4. The number of carbonyl (C=O) groups excluding carboxylic acids is 2. The predicted octanol–water partition coefficient (Wildman–Crippen LogP) is 0.696. The van der Waals surface area contributed by atoms with Gasteiger partial charge in [-0.15, -0.1) is 0 Å². The van der Waals surface area contributed by atoms with Crippen molar-refractivity contribution in [2.75, 3.05) is 0 Å². The van der Waals surface area contributed by atoms with Gasteiger partial charge < -0.3 is 29.9 Å². The number of carbonyl (C=O) groups is 2. The van der Waals surface area contributed by atoms with Crippen molar-refractivity contribution in [1.82, 2.24) is 0 Å². The fraction of sp³-hybridized carbons (Fsp3) is 0.800. The molecule has 0 saturated carbocycles. The lowest BCUT2D eigenvalue weighted by Gasteiger charge is -2.39. The number of esters is 2. The van der Waals surface area contributed by atoms with Crippen LogP contribution in [0.4, 0.5) is 0 Å². The van der Waals surface area contributed by atoms with Crippen molar-refractivity contribution in [2.45, 2.75) is 90.0 Å². The summed E-state index contributed by atoms with van der Waals surface area (Å²) in [4.78, 5) is 24.4. The topological polar surface area (TPSA) is 134 Å². The molecule has 1 unspecified atom stereocenters. The summed E-state index contributed by atoms with van der Waals surface area (Å²) in [5.41, 5.74) is -2.02. The van der Waals surface area contributed by atoms with E-state index in [1.807, 2.05) is 6.92 Å². The highest BCUT2D eigenvalue weighted by molar-refractivity contribution is 5.82. The highest BCUT2D eigenvalue weighted by Gasteiger charge is 2.50. The number of rotatable bonds is 6. The third-order valence-electron chi connectivity index (χ3n) is 5.38. The molecule has 1 rings (SSSR count). The highest BCUT2D eigenvalue weighted by atomic mass is 16.6. The Kier molecular flexibility index (Phi) is 9.07.